The van der Waals surface area contributed by atoms with Gasteiger partial charge in [0.05, 0.1) is 3.57 Å². The zero-order valence-electron chi connectivity index (χ0n) is 6.87. The van der Waals surface area contributed by atoms with Gasteiger partial charge in [-0.25, -0.2) is 8.78 Å². The third kappa shape index (κ3) is 1.94. The molecule has 0 radical (unpaired) electrons. The average Bonchev–Trinajstić information content (AvgIpc) is 1.96. The Kier molecular flexibility index (Phi) is 3.04. The highest BCUT2D eigenvalue weighted by atomic mass is 127. The summed E-state index contributed by atoms with van der Waals surface area (Å²) in [7, 11) is 0. The Balaban J connectivity index is 3.23. The second-order valence-corrected chi connectivity index (χ2v) is 4.10. The summed E-state index contributed by atoms with van der Waals surface area (Å²) in [6, 6.07) is 2.49. The van der Waals surface area contributed by atoms with E-state index in [4.69, 9.17) is 0 Å². The average molecular weight is 282 g/mol. The zero-order valence-corrected chi connectivity index (χ0v) is 9.02. The van der Waals surface area contributed by atoms with Gasteiger partial charge in [0.2, 0.25) is 0 Å². The Hall–Kier alpha value is -0.190. The first-order valence-corrected chi connectivity index (χ1v) is 4.74. The first kappa shape index (κ1) is 9.89. The summed E-state index contributed by atoms with van der Waals surface area (Å²) in [6.07, 6.45) is 0. The summed E-state index contributed by atoms with van der Waals surface area (Å²) in [5.74, 6) is -0.645. The van der Waals surface area contributed by atoms with Crippen LogP contribution in [0.3, 0.4) is 0 Å². The molecule has 0 aliphatic heterocycles. The number of hydrogen-bond acceptors (Lipinski definition) is 0. The molecule has 0 aliphatic carbocycles. The second kappa shape index (κ2) is 3.68. The minimum atomic E-state index is -0.347. The molecule has 0 unspecified atom stereocenters. The first-order valence-electron chi connectivity index (χ1n) is 3.67. The number of rotatable bonds is 1. The highest BCUT2D eigenvalue weighted by molar-refractivity contribution is 14.1. The Morgan fingerprint density at radius 1 is 1.17 bits per heavy atom. The summed E-state index contributed by atoms with van der Waals surface area (Å²) >= 11 is 1.78. The predicted octanol–water partition coefficient (Wildman–Crippen LogP) is 3.69. The molecule has 0 spiro atoms. The fourth-order valence-electron chi connectivity index (χ4n) is 0.980. The van der Waals surface area contributed by atoms with Crippen LogP contribution in [0.1, 0.15) is 25.3 Å². The van der Waals surface area contributed by atoms with E-state index in [0.717, 1.165) is 0 Å². The van der Waals surface area contributed by atoms with E-state index in [1.165, 1.54) is 12.1 Å². The van der Waals surface area contributed by atoms with Crippen molar-refractivity contribution < 1.29 is 8.78 Å². The largest absolute Gasteiger partial charge is 0.207 e. The van der Waals surface area contributed by atoms with Crippen molar-refractivity contribution >= 4 is 22.6 Å². The van der Waals surface area contributed by atoms with Crippen molar-refractivity contribution in [2.75, 3.05) is 0 Å². The van der Waals surface area contributed by atoms with E-state index >= 15 is 0 Å². The molecule has 0 nitrogen and oxygen atoms in total. The highest BCUT2D eigenvalue weighted by Gasteiger charge is 2.10. The molecule has 0 amide bonds. The van der Waals surface area contributed by atoms with Crippen LogP contribution in [0.5, 0.6) is 0 Å². The molecular weight excluding hydrogens is 273 g/mol. The van der Waals surface area contributed by atoms with Gasteiger partial charge in [-0.3, -0.25) is 0 Å². The lowest BCUT2D eigenvalue weighted by atomic mass is 10.0. The lowest BCUT2D eigenvalue weighted by Gasteiger charge is -2.07. The van der Waals surface area contributed by atoms with Gasteiger partial charge in [-0.1, -0.05) is 13.8 Å². The molecule has 0 aliphatic rings. The molecule has 0 saturated carbocycles. The van der Waals surface area contributed by atoms with Gasteiger partial charge in [0, 0.05) is 0 Å². The molecule has 3 heteroatoms. The Morgan fingerprint density at radius 3 is 2.25 bits per heavy atom. The third-order valence-corrected chi connectivity index (χ3v) is 2.49. The fraction of sp³-hybridized carbons (Fsp3) is 0.333. The van der Waals surface area contributed by atoms with Crippen LogP contribution in [0.25, 0.3) is 0 Å². The molecule has 66 valence electrons. The van der Waals surface area contributed by atoms with Crippen LogP contribution in [-0.4, -0.2) is 0 Å². The molecule has 0 aromatic heterocycles. The van der Waals surface area contributed by atoms with E-state index in [-0.39, 0.29) is 17.6 Å². The van der Waals surface area contributed by atoms with Crippen LogP contribution in [0.4, 0.5) is 8.78 Å². The van der Waals surface area contributed by atoms with E-state index in [0.29, 0.717) is 9.13 Å². The van der Waals surface area contributed by atoms with Crippen LogP contribution in [0.15, 0.2) is 12.1 Å². The smallest absolute Gasteiger partial charge is 0.137 e. The minimum Gasteiger partial charge on any atom is -0.207 e. The molecule has 0 atom stereocenters. The third-order valence-electron chi connectivity index (χ3n) is 1.66. The quantitative estimate of drug-likeness (QED) is 0.544. The van der Waals surface area contributed by atoms with Gasteiger partial charge < -0.3 is 0 Å². The Morgan fingerprint density at radius 2 is 1.75 bits per heavy atom. The summed E-state index contributed by atoms with van der Waals surface area (Å²) in [6.45, 7) is 3.68. The van der Waals surface area contributed by atoms with E-state index < -0.39 is 0 Å². The van der Waals surface area contributed by atoms with E-state index in [2.05, 4.69) is 0 Å². The van der Waals surface area contributed by atoms with Crippen LogP contribution >= 0.6 is 22.6 Å². The minimum absolute atomic E-state index is 0.0245. The zero-order chi connectivity index (χ0) is 9.30. The van der Waals surface area contributed by atoms with Crippen LogP contribution in [-0.2, 0) is 0 Å². The first-order chi connectivity index (χ1) is 5.52. The van der Waals surface area contributed by atoms with Gasteiger partial charge in [-0.15, -0.1) is 0 Å². The molecule has 0 heterocycles. The maximum Gasteiger partial charge on any atom is 0.137 e. The molecular formula is C9H9F2I. The number of halogens is 3. The fourth-order valence-corrected chi connectivity index (χ4v) is 1.41. The van der Waals surface area contributed by atoms with Crippen LogP contribution < -0.4 is 0 Å². The molecule has 0 bridgehead atoms. The summed E-state index contributed by atoms with van der Waals surface area (Å²) in [5.41, 5.74) is 0.438. The summed E-state index contributed by atoms with van der Waals surface area (Å²) in [5, 5.41) is 0. The maximum absolute atomic E-state index is 13.1. The topological polar surface area (TPSA) is 0 Å². The van der Waals surface area contributed by atoms with Crippen molar-refractivity contribution in [2.45, 2.75) is 19.8 Å². The van der Waals surface area contributed by atoms with Gasteiger partial charge in [0.15, 0.2) is 0 Å². The lowest BCUT2D eigenvalue weighted by Crippen LogP contribution is -1.96. The van der Waals surface area contributed by atoms with Crippen molar-refractivity contribution in [2.24, 2.45) is 0 Å². The monoisotopic (exact) mass is 282 g/mol. The van der Waals surface area contributed by atoms with Crippen molar-refractivity contribution in [1.29, 1.82) is 0 Å². The molecule has 12 heavy (non-hydrogen) atoms. The van der Waals surface area contributed by atoms with Crippen LogP contribution in [0, 0.1) is 15.2 Å². The van der Waals surface area contributed by atoms with E-state index in [1.54, 1.807) is 22.6 Å². The van der Waals surface area contributed by atoms with E-state index in [9.17, 15) is 8.78 Å². The summed E-state index contributed by atoms with van der Waals surface area (Å²) < 4.78 is 26.4. The van der Waals surface area contributed by atoms with Gasteiger partial charge in [-0.05, 0) is 46.2 Å². The lowest BCUT2D eigenvalue weighted by molar-refractivity contribution is 0.570. The predicted molar refractivity (Wildman–Crippen MR) is 53.2 cm³/mol. The second-order valence-electron chi connectivity index (χ2n) is 2.94. The molecule has 0 N–H and O–H groups in total. The van der Waals surface area contributed by atoms with Crippen molar-refractivity contribution in [3.05, 3.63) is 32.9 Å². The number of benzene rings is 1. The molecule has 1 rings (SSSR count). The van der Waals surface area contributed by atoms with Crippen molar-refractivity contribution in [1.82, 2.24) is 0 Å². The normalized spacial score (nSPS) is 10.8. The SMILES string of the molecule is CC(C)c1cc(F)c(I)cc1F. The molecule has 0 fully saturated rings. The van der Waals surface area contributed by atoms with Gasteiger partial charge in [0.25, 0.3) is 0 Å². The number of hydrogen-bond donors (Lipinski definition) is 0. The molecule has 0 saturated heterocycles. The Bertz CT molecular complexity index is 295. The summed E-state index contributed by atoms with van der Waals surface area (Å²) in [4.78, 5) is 0. The van der Waals surface area contributed by atoms with E-state index in [1.807, 2.05) is 13.8 Å². The standard InChI is InChI=1S/C9H9F2I/c1-5(2)6-3-8(11)9(12)4-7(6)10/h3-5H,1-2H3. The highest BCUT2D eigenvalue weighted by Crippen LogP contribution is 2.22. The molecule has 1 aromatic carbocycles. The van der Waals surface area contributed by atoms with Gasteiger partial charge in [0.1, 0.15) is 11.6 Å². The van der Waals surface area contributed by atoms with Gasteiger partial charge >= 0.3 is 0 Å². The maximum atomic E-state index is 13.1. The molecule has 1 aromatic rings. The van der Waals surface area contributed by atoms with Crippen molar-refractivity contribution in [3.63, 3.8) is 0 Å². The Labute approximate surface area is 84.1 Å². The van der Waals surface area contributed by atoms with Gasteiger partial charge in [-0.2, -0.15) is 0 Å². The van der Waals surface area contributed by atoms with Crippen molar-refractivity contribution in [3.8, 4) is 0 Å². The van der Waals surface area contributed by atoms with Crippen LogP contribution in [0.2, 0.25) is 0 Å².